The zero-order valence-corrected chi connectivity index (χ0v) is 13.0. The van der Waals surface area contributed by atoms with Crippen LogP contribution in [0.3, 0.4) is 0 Å². The number of aromatic nitrogens is 3. The van der Waals surface area contributed by atoms with E-state index < -0.39 is 5.82 Å². The molecule has 0 aliphatic carbocycles. The summed E-state index contributed by atoms with van der Waals surface area (Å²) in [5.74, 6) is 0.456. The number of rotatable bonds is 6. The lowest BCUT2D eigenvalue weighted by atomic mass is 10.1. The van der Waals surface area contributed by atoms with Crippen LogP contribution in [0.5, 0.6) is 11.5 Å². The average Bonchev–Trinajstić information content (AvgIpc) is 3.13. The van der Waals surface area contributed by atoms with Crippen LogP contribution in [0.2, 0.25) is 0 Å². The summed E-state index contributed by atoms with van der Waals surface area (Å²) in [5, 5.41) is 11.5. The fourth-order valence-corrected chi connectivity index (χ4v) is 2.10. The minimum Gasteiger partial charge on any atom is -0.496 e. The number of nitrogens with zero attached hydrogens (tertiary/aromatic N) is 4. The minimum absolute atomic E-state index is 0.179. The van der Waals surface area contributed by atoms with Crippen molar-refractivity contribution < 1.29 is 13.9 Å². The van der Waals surface area contributed by atoms with Gasteiger partial charge in [-0.3, -0.25) is 0 Å². The molecule has 7 heteroatoms. The lowest BCUT2D eigenvalue weighted by molar-refractivity contribution is 0.282. The van der Waals surface area contributed by atoms with Gasteiger partial charge in [-0.2, -0.15) is 5.10 Å². The van der Waals surface area contributed by atoms with Gasteiger partial charge in [-0.25, -0.2) is 9.07 Å². The highest BCUT2D eigenvalue weighted by Gasteiger charge is 2.07. The van der Waals surface area contributed by atoms with E-state index in [0.29, 0.717) is 5.75 Å². The van der Waals surface area contributed by atoms with Crippen molar-refractivity contribution in [2.75, 3.05) is 7.11 Å². The summed E-state index contributed by atoms with van der Waals surface area (Å²) in [7, 11) is 1.58. The van der Waals surface area contributed by atoms with Gasteiger partial charge in [0.2, 0.25) is 0 Å². The van der Waals surface area contributed by atoms with Crippen molar-refractivity contribution >= 4 is 6.21 Å². The molecule has 3 rings (SSSR count). The van der Waals surface area contributed by atoms with E-state index in [9.17, 15) is 4.39 Å². The monoisotopic (exact) mass is 326 g/mol. The Morgan fingerprint density at radius 2 is 1.92 bits per heavy atom. The summed E-state index contributed by atoms with van der Waals surface area (Å²) < 4.78 is 26.0. The summed E-state index contributed by atoms with van der Waals surface area (Å²) in [4.78, 5) is 0. The number of hydrogen-bond donors (Lipinski definition) is 0. The number of hydrogen-bond acceptors (Lipinski definition) is 5. The zero-order valence-electron chi connectivity index (χ0n) is 13.0. The predicted octanol–water partition coefficient (Wildman–Crippen LogP) is 2.89. The molecule has 2 aromatic carbocycles. The number of methoxy groups -OCH3 is 1. The standard InChI is InChI=1S/C17H15FN4O2/c1-23-16-7-6-13(9-21-22-11-19-20-12-22)8-14(16)10-24-17-5-3-2-4-15(17)18/h2-9,11-12H,10H2,1H3. The minimum atomic E-state index is -0.401. The highest BCUT2D eigenvalue weighted by atomic mass is 19.1. The number of ether oxygens (including phenoxy) is 2. The molecule has 0 N–H and O–H groups in total. The van der Waals surface area contributed by atoms with Gasteiger partial charge in [-0.1, -0.05) is 12.1 Å². The normalized spacial score (nSPS) is 10.9. The second-order valence-corrected chi connectivity index (χ2v) is 4.88. The van der Waals surface area contributed by atoms with Crippen LogP contribution in [0.25, 0.3) is 0 Å². The highest BCUT2D eigenvalue weighted by Crippen LogP contribution is 2.23. The van der Waals surface area contributed by atoms with Gasteiger partial charge in [-0.15, -0.1) is 10.2 Å². The van der Waals surface area contributed by atoms with Gasteiger partial charge in [0.05, 0.1) is 13.3 Å². The SMILES string of the molecule is COc1ccc(C=Nn2cnnc2)cc1COc1ccccc1F. The second-order valence-electron chi connectivity index (χ2n) is 4.88. The highest BCUT2D eigenvalue weighted by molar-refractivity contribution is 5.80. The number of halogens is 1. The van der Waals surface area contributed by atoms with Gasteiger partial charge >= 0.3 is 0 Å². The third kappa shape index (κ3) is 3.75. The summed E-state index contributed by atoms with van der Waals surface area (Å²) in [6.07, 6.45) is 4.64. The molecule has 24 heavy (non-hydrogen) atoms. The van der Waals surface area contributed by atoms with Crippen molar-refractivity contribution in [3.63, 3.8) is 0 Å². The maximum absolute atomic E-state index is 13.6. The van der Waals surface area contributed by atoms with Gasteiger partial charge in [0.25, 0.3) is 0 Å². The van der Waals surface area contributed by atoms with Crippen molar-refractivity contribution in [3.8, 4) is 11.5 Å². The quantitative estimate of drug-likeness (QED) is 0.654. The Morgan fingerprint density at radius 3 is 2.67 bits per heavy atom. The zero-order chi connectivity index (χ0) is 16.8. The Balaban J connectivity index is 1.78. The van der Waals surface area contributed by atoms with E-state index in [1.807, 2.05) is 18.2 Å². The molecule has 0 radical (unpaired) electrons. The first-order valence-electron chi connectivity index (χ1n) is 7.19. The predicted molar refractivity (Wildman–Crippen MR) is 86.7 cm³/mol. The fourth-order valence-electron chi connectivity index (χ4n) is 2.10. The molecule has 0 atom stereocenters. The maximum atomic E-state index is 13.6. The van der Waals surface area contributed by atoms with Gasteiger partial charge in [0.15, 0.2) is 11.6 Å². The summed E-state index contributed by atoms with van der Waals surface area (Å²) in [6, 6.07) is 11.8. The molecule has 0 saturated carbocycles. The first kappa shape index (κ1) is 15.7. The Hall–Kier alpha value is -3.22. The van der Waals surface area contributed by atoms with E-state index in [1.165, 1.54) is 23.4 Å². The molecule has 0 aliphatic rings. The number of para-hydroxylation sites is 1. The van der Waals surface area contributed by atoms with E-state index in [-0.39, 0.29) is 12.4 Å². The molecule has 3 aromatic rings. The lowest BCUT2D eigenvalue weighted by Crippen LogP contribution is -2.01. The first-order chi connectivity index (χ1) is 11.8. The molecule has 1 aromatic heterocycles. The summed E-state index contributed by atoms with van der Waals surface area (Å²) >= 11 is 0. The fraction of sp³-hybridized carbons (Fsp3) is 0.118. The van der Waals surface area contributed by atoms with E-state index in [4.69, 9.17) is 9.47 Å². The summed E-state index contributed by atoms with van der Waals surface area (Å²) in [6.45, 7) is 0.179. The van der Waals surface area contributed by atoms with Gasteiger partial charge < -0.3 is 9.47 Å². The molecular weight excluding hydrogens is 311 g/mol. The molecule has 0 spiro atoms. The van der Waals surface area contributed by atoms with E-state index >= 15 is 0 Å². The molecule has 0 amide bonds. The molecule has 0 unspecified atom stereocenters. The van der Waals surface area contributed by atoms with Crippen molar-refractivity contribution in [2.24, 2.45) is 5.10 Å². The van der Waals surface area contributed by atoms with Crippen molar-refractivity contribution in [3.05, 3.63) is 72.1 Å². The van der Waals surface area contributed by atoms with Crippen molar-refractivity contribution in [1.29, 1.82) is 0 Å². The summed E-state index contributed by atoms with van der Waals surface area (Å²) in [5.41, 5.74) is 1.63. The Bertz CT molecular complexity index is 834. The van der Waals surface area contributed by atoms with Crippen LogP contribution < -0.4 is 9.47 Å². The van der Waals surface area contributed by atoms with E-state index in [2.05, 4.69) is 15.3 Å². The average molecular weight is 326 g/mol. The maximum Gasteiger partial charge on any atom is 0.165 e. The van der Waals surface area contributed by atoms with E-state index in [0.717, 1.165) is 11.1 Å². The van der Waals surface area contributed by atoms with Crippen LogP contribution in [0.1, 0.15) is 11.1 Å². The molecule has 0 saturated heterocycles. The molecule has 1 heterocycles. The van der Waals surface area contributed by atoms with Gasteiger partial charge in [0.1, 0.15) is 25.0 Å². The van der Waals surface area contributed by atoms with Gasteiger partial charge in [-0.05, 0) is 35.9 Å². The van der Waals surface area contributed by atoms with Crippen LogP contribution in [-0.2, 0) is 6.61 Å². The van der Waals surface area contributed by atoms with Crippen LogP contribution >= 0.6 is 0 Å². The van der Waals surface area contributed by atoms with E-state index in [1.54, 1.807) is 31.5 Å². The third-order valence-corrected chi connectivity index (χ3v) is 3.27. The molecule has 0 bridgehead atoms. The van der Waals surface area contributed by atoms with Crippen LogP contribution in [-0.4, -0.2) is 28.2 Å². The third-order valence-electron chi connectivity index (χ3n) is 3.27. The second kappa shape index (κ2) is 7.36. The Kier molecular flexibility index (Phi) is 4.81. The largest absolute Gasteiger partial charge is 0.496 e. The molecular formula is C17H15FN4O2. The van der Waals surface area contributed by atoms with Crippen molar-refractivity contribution in [1.82, 2.24) is 14.9 Å². The number of benzene rings is 2. The van der Waals surface area contributed by atoms with Crippen LogP contribution in [0, 0.1) is 5.82 Å². The lowest BCUT2D eigenvalue weighted by Gasteiger charge is -2.11. The Morgan fingerprint density at radius 1 is 1.12 bits per heavy atom. The molecule has 0 aliphatic heterocycles. The molecule has 0 fully saturated rings. The van der Waals surface area contributed by atoms with Crippen molar-refractivity contribution in [2.45, 2.75) is 6.61 Å². The topological polar surface area (TPSA) is 61.5 Å². The molecule has 6 nitrogen and oxygen atoms in total. The smallest absolute Gasteiger partial charge is 0.165 e. The first-order valence-corrected chi connectivity index (χ1v) is 7.19. The van der Waals surface area contributed by atoms with Crippen LogP contribution in [0.4, 0.5) is 4.39 Å². The van der Waals surface area contributed by atoms with Gasteiger partial charge in [0, 0.05) is 5.56 Å². The molecule has 122 valence electrons. The Labute approximate surface area is 138 Å². The van der Waals surface area contributed by atoms with Crippen LogP contribution in [0.15, 0.2) is 60.2 Å².